The van der Waals surface area contributed by atoms with E-state index < -0.39 is 5.97 Å². The molecule has 4 nitrogen and oxygen atoms in total. The highest BCUT2D eigenvalue weighted by Crippen LogP contribution is 2.18. The second-order valence-electron chi connectivity index (χ2n) is 2.92. The van der Waals surface area contributed by atoms with Gasteiger partial charge in [-0.3, -0.25) is 14.8 Å². The second kappa shape index (κ2) is 5.59. The molecule has 0 amide bonds. The summed E-state index contributed by atoms with van der Waals surface area (Å²) in [7, 11) is 0. The molecule has 0 spiro atoms. The molecule has 0 fully saturated rings. The van der Waals surface area contributed by atoms with Crippen LogP contribution in [0.25, 0.3) is 0 Å². The summed E-state index contributed by atoms with van der Waals surface area (Å²) in [5, 5.41) is 8.65. The van der Waals surface area contributed by atoms with Gasteiger partial charge in [-0.2, -0.15) is 11.8 Å². The number of rotatable bonds is 5. The lowest BCUT2D eigenvalue weighted by Crippen LogP contribution is -2.06. The number of carboxylic acids is 1. The molecule has 0 bridgehead atoms. The standard InChI is InChI=1S/C9H12N2O2S/c1-7(4-9(12)13)14-6-8-5-10-2-3-11-8/h2-3,5,7H,4,6H2,1H3,(H,12,13). The highest BCUT2D eigenvalue weighted by atomic mass is 32.2. The van der Waals surface area contributed by atoms with Crippen LogP contribution >= 0.6 is 11.8 Å². The molecule has 0 saturated heterocycles. The Hall–Kier alpha value is -1.10. The van der Waals surface area contributed by atoms with Crippen molar-refractivity contribution in [3.63, 3.8) is 0 Å². The minimum absolute atomic E-state index is 0.106. The summed E-state index contributed by atoms with van der Waals surface area (Å²) in [5.41, 5.74) is 0.884. The smallest absolute Gasteiger partial charge is 0.304 e. The zero-order valence-electron chi connectivity index (χ0n) is 7.88. The first-order valence-electron chi connectivity index (χ1n) is 4.27. The monoisotopic (exact) mass is 212 g/mol. The van der Waals surface area contributed by atoms with Crippen LogP contribution in [0.1, 0.15) is 19.0 Å². The van der Waals surface area contributed by atoms with Gasteiger partial charge in [0.2, 0.25) is 0 Å². The van der Waals surface area contributed by atoms with Gasteiger partial charge in [0.05, 0.1) is 12.1 Å². The fraction of sp³-hybridized carbons (Fsp3) is 0.444. The molecule has 1 aromatic heterocycles. The largest absolute Gasteiger partial charge is 0.481 e. The fourth-order valence-electron chi connectivity index (χ4n) is 0.937. The molecule has 0 aliphatic rings. The van der Waals surface area contributed by atoms with E-state index in [1.807, 2.05) is 6.92 Å². The summed E-state index contributed by atoms with van der Waals surface area (Å²) in [5.74, 6) is -0.0494. The Balaban J connectivity index is 2.30. The molecular weight excluding hydrogens is 200 g/mol. The molecule has 1 unspecified atom stereocenters. The van der Waals surface area contributed by atoms with Crippen molar-refractivity contribution in [1.82, 2.24) is 9.97 Å². The van der Waals surface area contributed by atoms with E-state index >= 15 is 0 Å². The van der Waals surface area contributed by atoms with Gasteiger partial charge in [-0.25, -0.2) is 0 Å². The van der Waals surface area contributed by atoms with Crippen LogP contribution in [-0.4, -0.2) is 26.3 Å². The Kier molecular flexibility index (Phi) is 4.39. The normalized spacial score (nSPS) is 12.4. The fourth-order valence-corrected chi connectivity index (χ4v) is 1.80. The van der Waals surface area contributed by atoms with Crippen LogP contribution in [-0.2, 0) is 10.5 Å². The summed E-state index contributed by atoms with van der Waals surface area (Å²) in [6.07, 6.45) is 5.14. The first kappa shape index (κ1) is 11.0. The van der Waals surface area contributed by atoms with E-state index in [1.54, 1.807) is 30.4 Å². The van der Waals surface area contributed by atoms with E-state index in [2.05, 4.69) is 9.97 Å². The van der Waals surface area contributed by atoms with Crippen molar-refractivity contribution in [2.24, 2.45) is 0 Å². The number of aliphatic carboxylic acids is 1. The Labute approximate surface area is 86.8 Å². The van der Waals surface area contributed by atoms with Crippen molar-refractivity contribution in [3.8, 4) is 0 Å². The molecule has 0 aliphatic carbocycles. The summed E-state index contributed by atoms with van der Waals surface area (Å²) in [6, 6.07) is 0. The Morgan fingerprint density at radius 3 is 3.00 bits per heavy atom. The Morgan fingerprint density at radius 2 is 2.43 bits per heavy atom. The van der Waals surface area contributed by atoms with E-state index in [-0.39, 0.29) is 11.7 Å². The molecule has 0 aliphatic heterocycles. The zero-order chi connectivity index (χ0) is 10.4. The Bertz CT molecular complexity index is 292. The molecule has 14 heavy (non-hydrogen) atoms. The summed E-state index contributed by atoms with van der Waals surface area (Å²) in [6.45, 7) is 1.90. The van der Waals surface area contributed by atoms with Crippen LogP contribution in [0.4, 0.5) is 0 Å². The molecule has 0 aromatic carbocycles. The predicted molar refractivity (Wildman–Crippen MR) is 55.0 cm³/mol. The molecular formula is C9H12N2O2S. The van der Waals surface area contributed by atoms with Crippen LogP contribution in [0.2, 0.25) is 0 Å². The maximum absolute atomic E-state index is 10.4. The summed E-state index contributed by atoms with van der Waals surface area (Å²) < 4.78 is 0. The number of thioether (sulfide) groups is 1. The predicted octanol–water partition coefficient (Wildman–Crippen LogP) is 1.57. The van der Waals surface area contributed by atoms with Crippen molar-refractivity contribution in [3.05, 3.63) is 24.3 Å². The molecule has 1 N–H and O–H groups in total. The van der Waals surface area contributed by atoms with Gasteiger partial charge in [0.1, 0.15) is 0 Å². The van der Waals surface area contributed by atoms with E-state index in [0.29, 0.717) is 5.75 Å². The van der Waals surface area contributed by atoms with Gasteiger partial charge in [0, 0.05) is 29.6 Å². The van der Waals surface area contributed by atoms with Crippen LogP contribution in [0.15, 0.2) is 18.6 Å². The van der Waals surface area contributed by atoms with Crippen LogP contribution in [0, 0.1) is 0 Å². The topological polar surface area (TPSA) is 63.1 Å². The third kappa shape index (κ3) is 4.23. The molecule has 1 aromatic rings. The quantitative estimate of drug-likeness (QED) is 0.802. The van der Waals surface area contributed by atoms with Gasteiger partial charge in [0.15, 0.2) is 0 Å². The first-order chi connectivity index (χ1) is 6.68. The number of carbonyl (C=O) groups is 1. The molecule has 1 rings (SSSR count). The molecule has 0 saturated carbocycles. The van der Waals surface area contributed by atoms with Crippen molar-refractivity contribution in [2.45, 2.75) is 24.3 Å². The number of aromatic nitrogens is 2. The van der Waals surface area contributed by atoms with Crippen molar-refractivity contribution >= 4 is 17.7 Å². The number of carboxylic acid groups (broad SMARTS) is 1. The lowest BCUT2D eigenvalue weighted by Gasteiger charge is -2.06. The van der Waals surface area contributed by atoms with E-state index in [4.69, 9.17) is 5.11 Å². The van der Waals surface area contributed by atoms with Gasteiger partial charge in [0.25, 0.3) is 0 Å². The van der Waals surface area contributed by atoms with Crippen LogP contribution < -0.4 is 0 Å². The first-order valence-corrected chi connectivity index (χ1v) is 5.31. The van der Waals surface area contributed by atoms with Crippen LogP contribution in [0.3, 0.4) is 0 Å². The maximum atomic E-state index is 10.4. The number of hydrogen-bond acceptors (Lipinski definition) is 4. The molecule has 1 atom stereocenters. The van der Waals surface area contributed by atoms with E-state index in [0.717, 1.165) is 5.69 Å². The average Bonchev–Trinajstić information content (AvgIpc) is 2.15. The molecule has 5 heteroatoms. The molecule has 1 heterocycles. The van der Waals surface area contributed by atoms with Crippen molar-refractivity contribution in [2.75, 3.05) is 0 Å². The maximum Gasteiger partial charge on any atom is 0.304 e. The lowest BCUT2D eigenvalue weighted by molar-refractivity contribution is -0.136. The minimum atomic E-state index is -0.760. The van der Waals surface area contributed by atoms with Gasteiger partial charge in [-0.05, 0) is 0 Å². The highest BCUT2D eigenvalue weighted by molar-refractivity contribution is 7.99. The van der Waals surface area contributed by atoms with E-state index in [9.17, 15) is 4.79 Å². The lowest BCUT2D eigenvalue weighted by atomic mass is 10.3. The van der Waals surface area contributed by atoms with Crippen LogP contribution in [0.5, 0.6) is 0 Å². The van der Waals surface area contributed by atoms with Gasteiger partial charge in [-0.1, -0.05) is 6.92 Å². The second-order valence-corrected chi connectivity index (χ2v) is 4.34. The molecule has 76 valence electrons. The van der Waals surface area contributed by atoms with Crippen molar-refractivity contribution in [1.29, 1.82) is 0 Å². The Morgan fingerprint density at radius 1 is 1.64 bits per heavy atom. The van der Waals surface area contributed by atoms with Gasteiger partial charge >= 0.3 is 5.97 Å². The average molecular weight is 212 g/mol. The summed E-state index contributed by atoms with van der Waals surface area (Å²) >= 11 is 1.57. The van der Waals surface area contributed by atoms with E-state index in [1.165, 1.54) is 0 Å². The van der Waals surface area contributed by atoms with Gasteiger partial charge in [-0.15, -0.1) is 0 Å². The third-order valence-corrected chi connectivity index (χ3v) is 2.79. The number of hydrogen-bond donors (Lipinski definition) is 1. The zero-order valence-corrected chi connectivity index (χ0v) is 8.70. The van der Waals surface area contributed by atoms with Gasteiger partial charge < -0.3 is 5.11 Å². The minimum Gasteiger partial charge on any atom is -0.481 e. The third-order valence-electron chi connectivity index (χ3n) is 1.59. The van der Waals surface area contributed by atoms with Crippen molar-refractivity contribution < 1.29 is 9.90 Å². The highest BCUT2D eigenvalue weighted by Gasteiger charge is 2.08. The summed E-state index contributed by atoms with van der Waals surface area (Å²) in [4.78, 5) is 18.4. The molecule has 0 radical (unpaired) electrons. The SMILES string of the molecule is CC(CC(=O)O)SCc1cnccn1. The number of nitrogens with zero attached hydrogens (tertiary/aromatic N) is 2.